The molecule has 2 atom stereocenters. The van der Waals surface area contributed by atoms with Crippen molar-refractivity contribution < 1.29 is 33.8 Å². The van der Waals surface area contributed by atoms with E-state index < -0.39 is 48.2 Å². The van der Waals surface area contributed by atoms with Gasteiger partial charge in [-0.3, -0.25) is 14.4 Å². The second-order valence-electron chi connectivity index (χ2n) is 10.8. The van der Waals surface area contributed by atoms with E-state index in [0.717, 1.165) is 16.7 Å². The molecule has 10 heteroatoms. The van der Waals surface area contributed by atoms with Gasteiger partial charge in [-0.15, -0.1) is 0 Å². The van der Waals surface area contributed by atoms with E-state index in [-0.39, 0.29) is 32.5 Å². The van der Waals surface area contributed by atoms with Crippen molar-refractivity contribution in [1.82, 2.24) is 15.5 Å². The first-order valence-electron chi connectivity index (χ1n) is 13.8. The van der Waals surface area contributed by atoms with Crippen molar-refractivity contribution in [3.63, 3.8) is 0 Å². The third kappa shape index (κ3) is 10.9. The van der Waals surface area contributed by atoms with Crippen LogP contribution in [0.4, 0.5) is 4.79 Å². The first-order valence-corrected chi connectivity index (χ1v) is 13.8. The number of carbonyl (C=O) groups is 4. The van der Waals surface area contributed by atoms with Crippen LogP contribution in [0, 0.1) is 13.8 Å². The molecular formula is C31H43N3O7. The van der Waals surface area contributed by atoms with Crippen LogP contribution in [0.25, 0.3) is 0 Å². The van der Waals surface area contributed by atoms with E-state index in [0.29, 0.717) is 5.56 Å². The Bertz CT molecular complexity index is 1180. The number of aryl methyl sites for hydroxylation is 2. The van der Waals surface area contributed by atoms with E-state index in [1.807, 2.05) is 62.4 Å². The SMILES string of the molecule is CCOC(=O)CCNC(=O)C(c1cc(C)ccc1C)N(CCO)C(=O)C(Cc1ccccc1)NC(=O)OC(C)(C)C. The molecule has 0 aromatic heterocycles. The Hall–Kier alpha value is -3.92. The molecule has 2 unspecified atom stereocenters. The molecule has 10 nitrogen and oxygen atoms in total. The van der Waals surface area contributed by atoms with Crippen LogP contribution in [0.15, 0.2) is 48.5 Å². The van der Waals surface area contributed by atoms with Gasteiger partial charge in [0.25, 0.3) is 0 Å². The van der Waals surface area contributed by atoms with Crippen LogP contribution >= 0.6 is 0 Å². The quantitative estimate of drug-likeness (QED) is 0.315. The van der Waals surface area contributed by atoms with Crippen LogP contribution in [0.3, 0.4) is 0 Å². The maximum Gasteiger partial charge on any atom is 0.408 e. The fourth-order valence-corrected chi connectivity index (χ4v) is 4.30. The molecule has 0 heterocycles. The smallest absolute Gasteiger partial charge is 0.408 e. The topological polar surface area (TPSA) is 134 Å². The third-order valence-electron chi connectivity index (χ3n) is 6.12. The van der Waals surface area contributed by atoms with Crippen molar-refractivity contribution in [3.05, 3.63) is 70.8 Å². The average molecular weight is 570 g/mol. The average Bonchev–Trinajstić information content (AvgIpc) is 2.89. The highest BCUT2D eigenvalue weighted by molar-refractivity contribution is 5.92. The number of ether oxygens (including phenoxy) is 2. The van der Waals surface area contributed by atoms with E-state index in [9.17, 15) is 24.3 Å². The van der Waals surface area contributed by atoms with Crippen LogP contribution in [0.1, 0.15) is 62.4 Å². The predicted octanol–water partition coefficient (Wildman–Crippen LogP) is 3.37. The first-order chi connectivity index (χ1) is 19.4. The molecule has 0 bridgehead atoms. The van der Waals surface area contributed by atoms with Crippen molar-refractivity contribution in [1.29, 1.82) is 0 Å². The lowest BCUT2D eigenvalue weighted by molar-refractivity contribution is -0.144. The van der Waals surface area contributed by atoms with Gasteiger partial charge in [0.05, 0.1) is 19.6 Å². The number of aliphatic hydroxyl groups excluding tert-OH is 1. The van der Waals surface area contributed by atoms with Gasteiger partial charge in [0.1, 0.15) is 17.7 Å². The van der Waals surface area contributed by atoms with Gasteiger partial charge >= 0.3 is 12.1 Å². The lowest BCUT2D eigenvalue weighted by Crippen LogP contribution is -2.54. The Balaban J connectivity index is 2.50. The lowest BCUT2D eigenvalue weighted by Gasteiger charge is -2.35. The maximum absolute atomic E-state index is 14.2. The molecule has 2 aromatic carbocycles. The highest BCUT2D eigenvalue weighted by Gasteiger charge is 2.37. The number of aliphatic hydroxyl groups is 1. The Morgan fingerprint density at radius 1 is 1.02 bits per heavy atom. The highest BCUT2D eigenvalue weighted by atomic mass is 16.6. The zero-order valence-corrected chi connectivity index (χ0v) is 24.9. The number of nitrogens with zero attached hydrogens (tertiary/aromatic N) is 1. The largest absolute Gasteiger partial charge is 0.466 e. The summed E-state index contributed by atoms with van der Waals surface area (Å²) in [6.07, 6.45) is -0.688. The Labute approximate surface area is 242 Å². The zero-order valence-electron chi connectivity index (χ0n) is 24.9. The van der Waals surface area contributed by atoms with E-state index in [1.165, 1.54) is 4.90 Å². The molecule has 0 aliphatic carbocycles. The number of esters is 1. The van der Waals surface area contributed by atoms with Crippen LogP contribution in [0.5, 0.6) is 0 Å². The Morgan fingerprint density at radius 3 is 2.32 bits per heavy atom. The summed E-state index contributed by atoms with van der Waals surface area (Å²) in [6, 6.07) is 12.5. The number of nitrogens with one attached hydrogen (secondary N) is 2. The van der Waals surface area contributed by atoms with Gasteiger partial charge < -0.3 is 30.1 Å². The van der Waals surface area contributed by atoms with Crippen LogP contribution < -0.4 is 10.6 Å². The molecule has 0 radical (unpaired) electrons. The number of amides is 3. The Morgan fingerprint density at radius 2 is 1.71 bits per heavy atom. The number of hydrogen-bond donors (Lipinski definition) is 3. The fourth-order valence-electron chi connectivity index (χ4n) is 4.30. The van der Waals surface area contributed by atoms with Crippen molar-refractivity contribution in [2.45, 2.75) is 72.1 Å². The Kier molecular flexibility index (Phi) is 12.8. The summed E-state index contributed by atoms with van der Waals surface area (Å²) in [5.41, 5.74) is 2.19. The van der Waals surface area contributed by atoms with Gasteiger partial charge in [0.2, 0.25) is 11.8 Å². The number of alkyl carbamates (subject to hydrolysis) is 1. The third-order valence-corrected chi connectivity index (χ3v) is 6.12. The number of hydrogen-bond acceptors (Lipinski definition) is 7. The van der Waals surface area contributed by atoms with Crippen molar-refractivity contribution in [3.8, 4) is 0 Å². The summed E-state index contributed by atoms with van der Waals surface area (Å²) in [5, 5.41) is 15.4. The van der Waals surface area contributed by atoms with E-state index >= 15 is 0 Å². The van der Waals surface area contributed by atoms with Crippen LogP contribution in [-0.2, 0) is 30.3 Å². The van der Waals surface area contributed by atoms with Crippen molar-refractivity contribution in [2.75, 3.05) is 26.3 Å². The normalized spacial score (nSPS) is 12.6. The lowest BCUT2D eigenvalue weighted by atomic mass is 9.95. The minimum Gasteiger partial charge on any atom is -0.466 e. The first kappa shape index (κ1) is 33.3. The molecule has 224 valence electrons. The number of rotatable bonds is 13. The molecule has 0 aliphatic heterocycles. The molecule has 3 amide bonds. The standard InChI is InChI=1S/C31H43N3O7/c1-7-40-26(36)15-16-32-28(37)27(24-19-21(2)13-14-22(24)3)34(17-18-35)29(38)25(20-23-11-9-8-10-12-23)33-30(39)41-31(4,5)6/h8-14,19,25,27,35H,7,15-18,20H2,1-6H3,(H,32,37)(H,33,39). The van der Waals surface area contributed by atoms with E-state index in [4.69, 9.17) is 9.47 Å². The molecule has 3 N–H and O–H groups in total. The number of carbonyl (C=O) groups excluding carboxylic acids is 4. The van der Waals surface area contributed by atoms with E-state index in [1.54, 1.807) is 27.7 Å². The zero-order chi connectivity index (χ0) is 30.6. The molecule has 0 saturated heterocycles. The summed E-state index contributed by atoms with van der Waals surface area (Å²) < 4.78 is 10.4. The second-order valence-corrected chi connectivity index (χ2v) is 10.8. The number of benzene rings is 2. The maximum atomic E-state index is 14.2. The monoisotopic (exact) mass is 569 g/mol. The molecule has 41 heavy (non-hydrogen) atoms. The van der Waals surface area contributed by atoms with Gasteiger partial charge in [0.15, 0.2) is 0 Å². The molecule has 2 rings (SSSR count). The minimum absolute atomic E-state index is 0.00376. The van der Waals surface area contributed by atoms with Gasteiger partial charge in [-0.1, -0.05) is 54.1 Å². The molecule has 2 aromatic rings. The van der Waals surface area contributed by atoms with Crippen molar-refractivity contribution >= 4 is 23.9 Å². The minimum atomic E-state index is -1.14. The van der Waals surface area contributed by atoms with Gasteiger partial charge in [-0.05, 0) is 58.2 Å². The van der Waals surface area contributed by atoms with Gasteiger partial charge in [-0.2, -0.15) is 0 Å². The fraction of sp³-hybridized carbons (Fsp3) is 0.484. The summed E-state index contributed by atoms with van der Waals surface area (Å²) >= 11 is 0. The summed E-state index contributed by atoms with van der Waals surface area (Å²) in [7, 11) is 0. The van der Waals surface area contributed by atoms with E-state index in [2.05, 4.69) is 10.6 Å². The molecule has 0 fully saturated rings. The predicted molar refractivity (Wildman–Crippen MR) is 155 cm³/mol. The summed E-state index contributed by atoms with van der Waals surface area (Å²) in [6.45, 7) is 10.2. The molecule has 0 spiro atoms. The van der Waals surface area contributed by atoms with Gasteiger partial charge in [0, 0.05) is 19.5 Å². The molecular weight excluding hydrogens is 526 g/mol. The second kappa shape index (κ2) is 15.8. The molecule has 0 saturated carbocycles. The highest BCUT2D eigenvalue weighted by Crippen LogP contribution is 2.27. The van der Waals surface area contributed by atoms with Gasteiger partial charge in [-0.25, -0.2) is 4.79 Å². The van der Waals surface area contributed by atoms with Crippen molar-refractivity contribution in [2.24, 2.45) is 0 Å². The summed E-state index contributed by atoms with van der Waals surface area (Å²) in [4.78, 5) is 53.8. The van der Waals surface area contributed by atoms with Crippen LogP contribution in [0.2, 0.25) is 0 Å². The summed E-state index contributed by atoms with van der Waals surface area (Å²) in [5.74, 6) is -1.55. The van der Waals surface area contributed by atoms with Crippen LogP contribution in [-0.4, -0.2) is 71.8 Å². The molecule has 0 aliphatic rings.